The normalized spacial score (nSPS) is 11.4. The van der Waals surface area contributed by atoms with Gasteiger partial charge in [-0.1, -0.05) is 29.8 Å². The topological polar surface area (TPSA) is 75.7 Å². The van der Waals surface area contributed by atoms with Gasteiger partial charge in [0.2, 0.25) is 15.9 Å². The maximum atomic E-state index is 12.4. The molecule has 0 aliphatic rings. The SMILES string of the molecule is COc1ccc(NC(=O)Cc2ccccc2Cl)cc1S(=O)(=O)N(C)C. The van der Waals surface area contributed by atoms with Gasteiger partial charge in [0.1, 0.15) is 10.6 Å². The van der Waals surface area contributed by atoms with E-state index in [4.69, 9.17) is 16.3 Å². The van der Waals surface area contributed by atoms with E-state index in [1.165, 1.54) is 33.3 Å². The van der Waals surface area contributed by atoms with Crippen LogP contribution in [-0.2, 0) is 21.2 Å². The highest BCUT2D eigenvalue weighted by molar-refractivity contribution is 7.89. The van der Waals surface area contributed by atoms with Crippen molar-refractivity contribution in [2.75, 3.05) is 26.5 Å². The Bertz CT molecular complexity index is 882. The zero-order valence-electron chi connectivity index (χ0n) is 14.1. The van der Waals surface area contributed by atoms with E-state index in [0.29, 0.717) is 16.3 Å². The van der Waals surface area contributed by atoms with Gasteiger partial charge in [0.05, 0.1) is 13.5 Å². The largest absolute Gasteiger partial charge is 0.495 e. The van der Waals surface area contributed by atoms with Gasteiger partial charge in [0.15, 0.2) is 0 Å². The van der Waals surface area contributed by atoms with E-state index < -0.39 is 10.0 Å². The van der Waals surface area contributed by atoms with Crippen LogP contribution in [-0.4, -0.2) is 39.8 Å². The Morgan fingerprint density at radius 2 is 1.88 bits per heavy atom. The molecule has 0 aliphatic heterocycles. The summed E-state index contributed by atoms with van der Waals surface area (Å²) in [5.41, 5.74) is 1.05. The van der Waals surface area contributed by atoms with Gasteiger partial charge in [-0.25, -0.2) is 12.7 Å². The highest BCUT2D eigenvalue weighted by Gasteiger charge is 2.23. The highest BCUT2D eigenvalue weighted by atomic mass is 35.5. The molecular weight excluding hydrogens is 364 g/mol. The quantitative estimate of drug-likeness (QED) is 0.833. The summed E-state index contributed by atoms with van der Waals surface area (Å²) in [6.07, 6.45) is 0.0848. The Morgan fingerprint density at radius 3 is 2.48 bits per heavy atom. The van der Waals surface area contributed by atoms with Crippen molar-refractivity contribution >= 4 is 33.2 Å². The van der Waals surface area contributed by atoms with E-state index in [0.717, 1.165) is 4.31 Å². The third kappa shape index (κ3) is 4.50. The van der Waals surface area contributed by atoms with Gasteiger partial charge >= 0.3 is 0 Å². The first-order chi connectivity index (χ1) is 11.8. The lowest BCUT2D eigenvalue weighted by molar-refractivity contribution is -0.115. The lowest BCUT2D eigenvalue weighted by Crippen LogP contribution is -2.23. The van der Waals surface area contributed by atoms with E-state index in [1.807, 2.05) is 0 Å². The first-order valence-electron chi connectivity index (χ1n) is 7.39. The van der Waals surface area contributed by atoms with Crippen molar-refractivity contribution in [2.45, 2.75) is 11.3 Å². The number of rotatable bonds is 6. The van der Waals surface area contributed by atoms with Crippen LogP contribution >= 0.6 is 11.6 Å². The molecule has 8 heteroatoms. The number of ether oxygens (including phenoxy) is 1. The number of amides is 1. The fourth-order valence-electron chi connectivity index (χ4n) is 2.17. The number of carbonyl (C=O) groups excluding carboxylic acids is 1. The number of sulfonamides is 1. The van der Waals surface area contributed by atoms with Crippen LogP contribution in [0.2, 0.25) is 5.02 Å². The highest BCUT2D eigenvalue weighted by Crippen LogP contribution is 2.29. The Balaban J connectivity index is 2.26. The van der Waals surface area contributed by atoms with Crippen LogP contribution in [0.25, 0.3) is 0 Å². The molecule has 0 saturated heterocycles. The standard InChI is InChI=1S/C17H19ClN2O4S/c1-20(2)25(22,23)16-11-13(8-9-15(16)24-3)19-17(21)10-12-6-4-5-7-14(12)18/h4-9,11H,10H2,1-3H3,(H,19,21). The van der Waals surface area contributed by atoms with Crippen LogP contribution in [0.1, 0.15) is 5.56 Å². The Morgan fingerprint density at radius 1 is 1.20 bits per heavy atom. The summed E-state index contributed by atoms with van der Waals surface area (Å²) in [5.74, 6) is -0.0933. The number of halogens is 1. The number of nitrogens with zero attached hydrogens (tertiary/aromatic N) is 1. The molecule has 6 nitrogen and oxygen atoms in total. The zero-order valence-corrected chi connectivity index (χ0v) is 15.7. The second kappa shape index (κ2) is 7.86. The number of hydrogen-bond donors (Lipinski definition) is 1. The van der Waals surface area contributed by atoms with Crippen LogP contribution in [0, 0.1) is 0 Å². The Hall–Kier alpha value is -2.09. The molecule has 0 aromatic heterocycles. The monoisotopic (exact) mass is 382 g/mol. The summed E-state index contributed by atoms with van der Waals surface area (Å²) < 4.78 is 31.0. The molecule has 0 radical (unpaired) electrons. The fourth-order valence-corrected chi connectivity index (χ4v) is 3.45. The van der Waals surface area contributed by atoms with Gasteiger partial charge in [-0.2, -0.15) is 0 Å². The number of carbonyl (C=O) groups is 1. The lowest BCUT2D eigenvalue weighted by Gasteiger charge is -2.16. The van der Waals surface area contributed by atoms with Gasteiger partial charge in [-0.3, -0.25) is 4.79 Å². The van der Waals surface area contributed by atoms with Crippen molar-refractivity contribution in [2.24, 2.45) is 0 Å². The number of hydrogen-bond acceptors (Lipinski definition) is 4. The molecule has 2 aromatic carbocycles. The molecule has 0 saturated carbocycles. The molecule has 0 aliphatic carbocycles. The van der Waals surface area contributed by atoms with Crippen LogP contribution in [0.3, 0.4) is 0 Å². The second-order valence-corrected chi connectivity index (χ2v) is 8.00. The van der Waals surface area contributed by atoms with Crippen molar-refractivity contribution in [3.05, 3.63) is 53.1 Å². The smallest absolute Gasteiger partial charge is 0.246 e. The molecule has 2 aromatic rings. The molecule has 134 valence electrons. The van der Waals surface area contributed by atoms with Crippen molar-refractivity contribution < 1.29 is 17.9 Å². The summed E-state index contributed by atoms with van der Waals surface area (Å²) in [6.45, 7) is 0. The second-order valence-electron chi connectivity index (χ2n) is 5.47. The zero-order chi connectivity index (χ0) is 18.6. The van der Waals surface area contributed by atoms with Crippen LogP contribution in [0.15, 0.2) is 47.4 Å². The molecule has 0 fully saturated rings. The van der Waals surface area contributed by atoms with E-state index in [9.17, 15) is 13.2 Å². The molecule has 1 amide bonds. The van der Waals surface area contributed by atoms with Gasteiger partial charge in [-0.05, 0) is 29.8 Å². The van der Waals surface area contributed by atoms with E-state index in [2.05, 4.69) is 5.32 Å². The third-order valence-corrected chi connectivity index (χ3v) is 5.72. The Kier molecular flexibility index (Phi) is 6.05. The molecule has 0 heterocycles. The molecule has 0 atom stereocenters. The first-order valence-corrected chi connectivity index (χ1v) is 9.21. The summed E-state index contributed by atoms with van der Waals surface area (Å²) in [4.78, 5) is 12.2. The average molecular weight is 383 g/mol. The third-order valence-electron chi connectivity index (χ3n) is 3.51. The average Bonchev–Trinajstić information content (AvgIpc) is 2.56. The minimum Gasteiger partial charge on any atom is -0.495 e. The molecule has 2 rings (SSSR count). The van der Waals surface area contributed by atoms with Gasteiger partial charge in [-0.15, -0.1) is 0 Å². The Labute approximate surface area is 152 Å². The lowest BCUT2D eigenvalue weighted by atomic mass is 10.1. The van der Waals surface area contributed by atoms with Crippen LogP contribution < -0.4 is 10.1 Å². The molecular formula is C17H19ClN2O4S. The summed E-state index contributed by atoms with van der Waals surface area (Å²) in [6, 6.07) is 11.5. The predicted octanol–water partition coefficient (Wildman–Crippen LogP) is 2.78. The van der Waals surface area contributed by atoms with Crippen molar-refractivity contribution in [3.63, 3.8) is 0 Å². The molecule has 0 spiro atoms. The molecule has 25 heavy (non-hydrogen) atoms. The number of anilines is 1. The van der Waals surface area contributed by atoms with Gasteiger partial charge in [0, 0.05) is 24.8 Å². The molecule has 0 bridgehead atoms. The summed E-state index contributed by atoms with van der Waals surface area (Å²) in [7, 11) is 0.537. The minimum atomic E-state index is -3.71. The maximum Gasteiger partial charge on any atom is 0.246 e. The summed E-state index contributed by atoms with van der Waals surface area (Å²) >= 11 is 6.05. The predicted molar refractivity (Wildman–Crippen MR) is 97.7 cm³/mol. The maximum absolute atomic E-state index is 12.4. The molecule has 0 unspecified atom stereocenters. The van der Waals surface area contributed by atoms with Crippen LogP contribution in [0.4, 0.5) is 5.69 Å². The van der Waals surface area contributed by atoms with Crippen molar-refractivity contribution in [1.29, 1.82) is 0 Å². The first kappa shape index (κ1) is 19.2. The molecule has 1 N–H and O–H groups in total. The van der Waals surface area contributed by atoms with E-state index >= 15 is 0 Å². The van der Waals surface area contributed by atoms with Gasteiger partial charge < -0.3 is 10.1 Å². The van der Waals surface area contributed by atoms with E-state index in [1.54, 1.807) is 30.3 Å². The fraction of sp³-hybridized carbons (Fsp3) is 0.235. The van der Waals surface area contributed by atoms with Crippen molar-refractivity contribution in [3.8, 4) is 5.75 Å². The van der Waals surface area contributed by atoms with Gasteiger partial charge in [0.25, 0.3) is 0 Å². The number of nitrogens with one attached hydrogen (secondary N) is 1. The van der Waals surface area contributed by atoms with E-state index in [-0.39, 0.29) is 23.0 Å². The number of methoxy groups -OCH3 is 1. The number of benzene rings is 2. The summed E-state index contributed by atoms with van der Waals surface area (Å²) in [5, 5.41) is 3.19. The van der Waals surface area contributed by atoms with Crippen molar-refractivity contribution in [1.82, 2.24) is 4.31 Å². The minimum absolute atomic E-state index is 0.0180. The van der Waals surface area contributed by atoms with Crippen LogP contribution in [0.5, 0.6) is 5.75 Å².